The molecule has 0 saturated heterocycles. The number of carbonyl (C=O) groups is 5. The summed E-state index contributed by atoms with van der Waals surface area (Å²) >= 11 is 0. The molecule has 12 heteroatoms. The van der Waals surface area contributed by atoms with Crippen molar-refractivity contribution in [2.75, 3.05) is 6.54 Å². The van der Waals surface area contributed by atoms with Crippen LogP contribution in [0.5, 0.6) is 0 Å². The molecule has 3 aromatic carbocycles. The van der Waals surface area contributed by atoms with Gasteiger partial charge in [0, 0.05) is 24.4 Å². The maximum atomic E-state index is 13.6. The number of guanidine groups is 1. The molecule has 0 bridgehead atoms. The molecule has 0 fully saturated rings. The van der Waals surface area contributed by atoms with Crippen LogP contribution >= 0.6 is 0 Å². The molecule has 0 radical (unpaired) electrons. The number of nitrogens with two attached hydrogens (primary N) is 3. The quantitative estimate of drug-likeness (QED) is 0.0551. The van der Waals surface area contributed by atoms with Crippen molar-refractivity contribution in [3.05, 3.63) is 95.6 Å². The smallest absolute Gasteiger partial charge is 0.251 e. The highest BCUT2D eigenvalue weighted by Gasteiger charge is 2.30. The van der Waals surface area contributed by atoms with Crippen LogP contribution in [0.3, 0.4) is 0 Å². The molecule has 0 aliphatic rings. The Morgan fingerprint density at radius 3 is 2.04 bits per heavy atom. The zero-order valence-corrected chi connectivity index (χ0v) is 27.5. The Balaban J connectivity index is 1.78. The summed E-state index contributed by atoms with van der Waals surface area (Å²) in [6, 6.07) is 20.5. The summed E-state index contributed by atoms with van der Waals surface area (Å²) in [5.41, 5.74) is 20.1. The van der Waals surface area contributed by atoms with Crippen molar-refractivity contribution >= 4 is 35.9 Å². The zero-order chi connectivity index (χ0) is 35.2. The van der Waals surface area contributed by atoms with Gasteiger partial charge in [-0.2, -0.15) is 0 Å². The number of benzene rings is 3. The molecular formula is C36H45N7O5. The third-order valence-electron chi connectivity index (χ3n) is 7.83. The van der Waals surface area contributed by atoms with Crippen LogP contribution in [-0.2, 0) is 25.6 Å². The molecule has 0 saturated carbocycles. The van der Waals surface area contributed by atoms with E-state index in [0.29, 0.717) is 12.0 Å². The Hall–Kier alpha value is -5.52. The number of hydrogen-bond acceptors (Lipinski definition) is 6. The Labute approximate surface area is 280 Å². The summed E-state index contributed by atoms with van der Waals surface area (Å²) in [6.07, 6.45) is 1.53. The van der Waals surface area contributed by atoms with E-state index in [0.717, 1.165) is 28.5 Å². The summed E-state index contributed by atoms with van der Waals surface area (Å²) in [4.78, 5) is 68.1. The Morgan fingerprint density at radius 1 is 0.771 bits per heavy atom. The average molecular weight is 656 g/mol. The molecule has 4 atom stereocenters. The number of aldehydes is 1. The van der Waals surface area contributed by atoms with E-state index >= 15 is 0 Å². The van der Waals surface area contributed by atoms with Gasteiger partial charge in [-0.05, 0) is 53.1 Å². The largest absolute Gasteiger partial charge is 0.370 e. The van der Waals surface area contributed by atoms with Gasteiger partial charge in [0.25, 0.3) is 5.91 Å². The van der Waals surface area contributed by atoms with Gasteiger partial charge in [0.1, 0.15) is 24.4 Å². The van der Waals surface area contributed by atoms with E-state index in [2.05, 4.69) is 20.9 Å². The van der Waals surface area contributed by atoms with Crippen molar-refractivity contribution in [1.29, 1.82) is 0 Å². The number of rotatable bonds is 17. The molecule has 0 aliphatic carbocycles. The van der Waals surface area contributed by atoms with Gasteiger partial charge in [0.15, 0.2) is 5.96 Å². The Morgan fingerprint density at radius 2 is 1.42 bits per heavy atom. The van der Waals surface area contributed by atoms with E-state index in [4.69, 9.17) is 17.2 Å². The predicted octanol–water partition coefficient (Wildman–Crippen LogP) is 2.16. The van der Waals surface area contributed by atoms with E-state index in [1.807, 2.05) is 67.6 Å². The van der Waals surface area contributed by atoms with Gasteiger partial charge in [-0.25, -0.2) is 0 Å². The monoisotopic (exact) mass is 655 g/mol. The topological polar surface area (TPSA) is 212 Å². The van der Waals surface area contributed by atoms with Crippen LogP contribution < -0.4 is 33.2 Å². The number of carbonyl (C=O) groups excluding carboxylic acids is 5. The fourth-order valence-corrected chi connectivity index (χ4v) is 5.06. The second-order valence-corrected chi connectivity index (χ2v) is 12.0. The predicted molar refractivity (Wildman–Crippen MR) is 186 cm³/mol. The highest BCUT2D eigenvalue weighted by atomic mass is 16.2. The highest BCUT2D eigenvalue weighted by molar-refractivity contribution is 5.99. The summed E-state index contributed by atoms with van der Waals surface area (Å²) in [6.45, 7) is 5.57. The van der Waals surface area contributed by atoms with Gasteiger partial charge < -0.3 is 37.9 Å². The van der Waals surface area contributed by atoms with Crippen molar-refractivity contribution in [2.45, 2.75) is 64.1 Å². The molecule has 2 unspecified atom stereocenters. The summed E-state index contributed by atoms with van der Waals surface area (Å²) in [7, 11) is 0. The SMILES string of the molecule is CC(C=O)c1cccc(-c2cccc(C(=O)N[C@H](C(=O)N[C@@H](CCCN=C(N)N)C(=O)NC(Cc3ccccc3)C(N)=O)C(C)C)c2)c1. The molecule has 3 rings (SSSR count). The van der Waals surface area contributed by atoms with Crippen molar-refractivity contribution in [2.24, 2.45) is 28.1 Å². The van der Waals surface area contributed by atoms with E-state index in [9.17, 15) is 24.0 Å². The first-order valence-corrected chi connectivity index (χ1v) is 15.9. The molecule has 9 N–H and O–H groups in total. The second kappa shape index (κ2) is 18.0. The lowest BCUT2D eigenvalue weighted by Crippen LogP contribution is -2.57. The van der Waals surface area contributed by atoms with Crippen LogP contribution in [-0.4, -0.2) is 60.5 Å². The summed E-state index contributed by atoms with van der Waals surface area (Å²) in [5.74, 6) is -3.12. The lowest BCUT2D eigenvalue weighted by atomic mass is 9.96. The highest BCUT2D eigenvalue weighted by Crippen LogP contribution is 2.24. The number of primary amides is 1. The van der Waals surface area contributed by atoms with Gasteiger partial charge in [-0.15, -0.1) is 0 Å². The first-order valence-electron chi connectivity index (χ1n) is 15.9. The van der Waals surface area contributed by atoms with Crippen molar-refractivity contribution in [3.8, 4) is 11.1 Å². The van der Waals surface area contributed by atoms with Crippen LogP contribution in [0.2, 0.25) is 0 Å². The Bertz CT molecular complexity index is 1600. The average Bonchev–Trinajstić information content (AvgIpc) is 3.07. The lowest BCUT2D eigenvalue weighted by molar-refractivity contribution is -0.132. The van der Waals surface area contributed by atoms with E-state index in [1.54, 1.807) is 32.0 Å². The minimum atomic E-state index is -1.08. The van der Waals surface area contributed by atoms with Gasteiger partial charge in [-0.3, -0.25) is 24.2 Å². The second-order valence-electron chi connectivity index (χ2n) is 12.0. The molecule has 4 amide bonds. The number of aliphatic imine (C=N–C) groups is 1. The first-order chi connectivity index (χ1) is 22.9. The van der Waals surface area contributed by atoms with Crippen LogP contribution in [0, 0.1) is 5.92 Å². The van der Waals surface area contributed by atoms with E-state index in [1.165, 1.54) is 0 Å². The van der Waals surface area contributed by atoms with E-state index in [-0.39, 0.29) is 37.2 Å². The van der Waals surface area contributed by atoms with Crippen LogP contribution in [0.15, 0.2) is 83.9 Å². The summed E-state index contributed by atoms with van der Waals surface area (Å²) < 4.78 is 0. The van der Waals surface area contributed by atoms with Crippen LogP contribution in [0.1, 0.15) is 61.0 Å². The molecule has 254 valence electrons. The van der Waals surface area contributed by atoms with Crippen molar-refractivity contribution < 1.29 is 24.0 Å². The molecule has 0 aromatic heterocycles. The van der Waals surface area contributed by atoms with Crippen molar-refractivity contribution in [1.82, 2.24) is 16.0 Å². The summed E-state index contributed by atoms with van der Waals surface area (Å²) in [5, 5.41) is 8.23. The Kier molecular flexibility index (Phi) is 13.8. The van der Waals surface area contributed by atoms with E-state index < -0.39 is 41.8 Å². The van der Waals surface area contributed by atoms with Gasteiger partial charge in [0.05, 0.1) is 0 Å². The number of nitrogens with zero attached hydrogens (tertiary/aromatic N) is 1. The molecule has 12 nitrogen and oxygen atoms in total. The van der Waals surface area contributed by atoms with Gasteiger partial charge in [0.2, 0.25) is 17.7 Å². The third-order valence-corrected chi connectivity index (χ3v) is 7.83. The molecule has 48 heavy (non-hydrogen) atoms. The minimum Gasteiger partial charge on any atom is -0.370 e. The minimum absolute atomic E-state index is 0.105. The van der Waals surface area contributed by atoms with Crippen molar-refractivity contribution in [3.63, 3.8) is 0 Å². The number of amides is 4. The fourth-order valence-electron chi connectivity index (χ4n) is 5.06. The van der Waals surface area contributed by atoms with Crippen LogP contribution in [0.4, 0.5) is 0 Å². The zero-order valence-electron chi connectivity index (χ0n) is 27.5. The number of nitrogens with one attached hydrogen (secondary N) is 3. The molecule has 0 aliphatic heterocycles. The standard InChI is InChI=1S/C36H45N7O5/c1-22(2)31(43-33(46)28-15-8-14-27(20-28)26-13-7-12-25(19-26)23(3)21-44)35(48)41-29(16-9-17-40-36(38)39)34(47)42-30(32(37)45)18-24-10-5-4-6-11-24/h4-8,10-15,19-23,29-31H,9,16-18H2,1-3H3,(H2,37,45)(H,41,48)(H,42,47)(H,43,46)(H4,38,39,40)/t23?,29-,30?,31-/m0/s1. The molecule has 0 heterocycles. The third kappa shape index (κ3) is 11.1. The molecule has 3 aromatic rings. The molecule has 0 spiro atoms. The normalized spacial score (nSPS) is 13.3. The number of hydrogen-bond donors (Lipinski definition) is 6. The van der Waals surface area contributed by atoms with Gasteiger partial charge >= 0.3 is 0 Å². The lowest BCUT2D eigenvalue weighted by Gasteiger charge is -2.26. The van der Waals surface area contributed by atoms with Crippen LogP contribution in [0.25, 0.3) is 11.1 Å². The molecular weight excluding hydrogens is 610 g/mol. The fraction of sp³-hybridized carbons (Fsp3) is 0.333. The first kappa shape index (κ1) is 36.9. The maximum Gasteiger partial charge on any atom is 0.251 e. The van der Waals surface area contributed by atoms with Gasteiger partial charge in [-0.1, -0.05) is 87.5 Å². The maximum absolute atomic E-state index is 13.6.